The number of benzene rings is 1. The van der Waals surface area contributed by atoms with E-state index in [0.717, 1.165) is 12.8 Å². The molecule has 1 aromatic carbocycles. The van der Waals surface area contributed by atoms with Crippen LogP contribution >= 0.6 is 11.3 Å². The van der Waals surface area contributed by atoms with Gasteiger partial charge in [-0.05, 0) is 48.9 Å². The van der Waals surface area contributed by atoms with Crippen LogP contribution in [-0.2, 0) is 6.42 Å². The van der Waals surface area contributed by atoms with E-state index in [9.17, 15) is 14.9 Å². The number of urea groups is 1. The molecule has 1 atom stereocenters. The van der Waals surface area contributed by atoms with Crippen LogP contribution in [0.3, 0.4) is 0 Å². The Hall–Kier alpha value is -2.41. The van der Waals surface area contributed by atoms with Crippen molar-refractivity contribution in [1.82, 2.24) is 4.90 Å². The van der Waals surface area contributed by atoms with E-state index in [0.29, 0.717) is 17.8 Å². The lowest BCUT2D eigenvalue weighted by molar-refractivity contribution is -0.385. The van der Waals surface area contributed by atoms with Crippen molar-refractivity contribution in [2.45, 2.75) is 32.7 Å². The lowest BCUT2D eigenvalue weighted by Gasteiger charge is -2.35. The molecule has 0 radical (unpaired) electrons. The maximum absolute atomic E-state index is 12.7. The first-order valence-electron chi connectivity index (χ1n) is 7.90. The SMILES string of the molecule is CCC1c2ccsc2CCN1C(=O)Nc1ccc([N+](=O)[O-])c(C)c1. The third kappa shape index (κ3) is 2.99. The van der Waals surface area contributed by atoms with Gasteiger partial charge in [-0.15, -0.1) is 11.3 Å². The predicted octanol–water partition coefficient (Wildman–Crippen LogP) is 4.51. The summed E-state index contributed by atoms with van der Waals surface area (Å²) < 4.78 is 0. The molecule has 0 saturated heterocycles. The van der Waals surface area contributed by atoms with E-state index < -0.39 is 4.92 Å². The quantitative estimate of drug-likeness (QED) is 0.657. The molecule has 2 heterocycles. The number of amides is 2. The number of carbonyl (C=O) groups is 1. The Labute approximate surface area is 144 Å². The van der Waals surface area contributed by atoms with Crippen molar-refractivity contribution in [3.8, 4) is 0 Å². The van der Waals surface area contributed by atoms with Crippen molar-refractivity contribution in [3.63, 3.8) is 0 Å². The fourth-order valence-electron chi connectivity index (χ4n) is 3.21. The average Bonchev–Trinajstić information content (AvgIpc) is 3.02. The van der Waals surface area contributed by atoms with Gasteiger partial charge in [0.25, 0.3) is 5.69 Å². The van der Waals surface area contributed by atoms with Crippen molar-refractivity contribution in [1.29, 1.82) is 0 Å². The summed E-state index contributed by atoms with van der Waals surface area (Å²) in [6.07, 6.45) is 1.73. The molecular formula is C17H19N3O3S. The molecule has 1 unspecified atom stereocenters. The summed E-state index contributed by atoms with van der Waals surface area (Å²) in [6, 6.07) is 6.66. The molecule has 0 aliphatic carbocycles. The zero-order chi connectivity index (χ0) is 17.3. The second kappa shape index (κ2) is 6.60. The highest BCUT2D eigenvalue weighted by Crippen LogP contribution is 2.35. The molecule has 24 heavy (non-hydrogen) atoms. The number of nitrogens with zero attached hydrogens (tertiary/aromatic N) is 2. The number of fused-ring (bicyclic) bond motifs is 1. The topological polar surface area (TPSA) is 75.5 Å². The van der Waals surface area contributed by atoms with Crippen molar-refractivity contribution < 1.29 is 9.72 Å². The van der Waals surface area contributed by atoms with Crippen LogP contribution in [0.1, 0.15) is 35.4 Å². The van der Waals surface area contributed by atoms with Gasteiger partial charge in [0.2, 0.25) is 0 Å². The summed E-state index contributed by atoms with van der Waals surface area (Å²) in [5.74, 6) is 0. The molecule has 1 aromatic heterocycles. The zero-order valence-electron chi connectivity index (χ0n) is 13.6. The Morgan fingerprint density at radius 3 is 2.92 bits per heavy atom. The maximum Gasteiger partial charge on any atom is 0.322 e. The second-order valence-corrected chi connectivity index (χ2v) is 6.86. The number of hydrogen-bond acceptors (Lipinski definition) is 4. The fraction of sp³-hybridized carbons (Fsp3) is 0.353. The van der Waals surface area contributed by atoms with Crippen LogP contribution in [0.2, 0.25) is 0 Å². The number of anilines is 1. The highest BCUT2D eigenvalue weighted by molar-refractivity contribution is 7.10. The van der Waals surface area contributed by atoms with Crippen LogP contribution in [0.4, 0.5) is 16.2 Å². The standard InChI is InChI=1S/C17H19N3O3S/c1-3-14-13-7-9-24-16(13)6-8-19(14)17(21)18-12-4-5-15(20(22)23)11(2)10-12/h4-5,7,9-10,14H,3,6,8H2,1-2H3,(H,18,21). The smallest absolute Gasteiger partial charge is 0.317 e. The third-order valence-corrected chi connectivity index (χ3v) is 5.38. The average molecular weight is 345 g/mol. The summed E-state index contributed by atoms with van der Waals surface area (Å²) in [5, 5.41) is 15.8. The first-order chi connectivity index (χ1) is 11.5. The fourth-order valence-corrected chi connectivity index (χ4v) is 4.14. The zero-order valence-corrected chi connectivity index (χ0v) is 14.4. The summed E-state index contributed by atoms with van der Waals surface area (Å²) in [5.41, 5.74) is 2.40. The summed E-state index contributed by atoms with van der Waals surface area (Å²) in [7, 11) is 0. The molecule has 126 valence electrons. The van der Waals surface area contributed by atoms with Gasteiger partial charge in [0.1, 0.15) is 0 Å². The second-order valence-electron chi connectivity index (χ2n) is 5.86. The summed E-state index contributed by atoms with van der Waals surface area (Å²) >= 11 is 1.75. The Balaban J connectivity index is 1.78. The van der Waals surface area contributed by atoms with E-state index in [-0.39, 0.29) is 17.8 Å². The molecule has 0 bridgehead atoms. The molecule has 1 aliphatic heterocycles. The van der Waals surface area contributed by atoms with Crippen LogP contribution in [0.25, 0.3) is 0 Å². The molecule has 1 N–H and O–H groups in total. The Kier molecular flexibility index (Phi) is 4.53. The molecule has 0 fully saturated rings. The molecule has 1 aliphatic rings. The number of rotatable bonds is 3. The monoisotopic (exact) mass is 345 g/mol. The minimum absolute atomic E-state index is 0.0559. The van der Waals surface area contributed by atoms with Crippen LogP contribution in [0.5, 0.6) is 0 Å². The molecule has 2 amide bonds. The number of carbonyl (C=O) groups excluding carboxylic acids is 1. The van der Waals surface area contributed by atoms with E-state index in [2.05, 4.69) is 23.7 Å². The van der Waals surface area contributed by atoms with Crippen molar-refractivity contribution >= 4 is 28.7 Å². The first kappa shape index (κ1) is 16.4. The normalized spacial score (nSPS) is 16.6. The maximum atomic E-state index is 12.7. The number of aryl methyl sites for hydroxylation is 1. The van der Waals surface area contributed by atoms with Gasteiger partial charge in [0, 0.05) is 28.7 Å². The van der Waals surface area contributed by atoms with Gasteiger partial charge in [0.15, 0.2) is 0 Å². The number of nitro benzene ring substituents is 1. The summed E-state index contributed by atoms with van der Waals surface area (Å²) in [6.45, 7) is 4.43. The van der Waals surface area contributed by atoms with E-state index in [1.807, 2.05) is 4.90 Å². The highest BCUT2D eigenvalue weighted by atomic mass is 32.1. The van der Waals surface area contributed by atoms with Crippen LogP contribution in [-0.4, -0.2) is 22.4 Å². The van der Waals surface area contributed by atoms with Gasteiger partial charge in [-0.1, -0.05) is 6.92 Å². The van der Waals surface area contributed by atoms with Gasteiger partial charge >= 0.3 is 6.03 Å². The minimum atomic E-state index is -0.420. The van der Waals surface area contributed by atoms with Gasteiger partial charge in [0.05, 0.1) is 11.0 Å². The highest BCUT2D eigenvalue weighted by Gasteiger charge is 2.30. The van der Waals surface area contributed by atoms with E-state index >= 15 is 0 Å². The Morgan fingerprint density at radius 1 is 1.46 bits per heavy atom. The van der Waals surface area contributed by atoms with Crippen LogP contribution in [0, 0.1) is 17.0 Å². The summed E-state index contributed by atoms with van der Waals surface area (Å²) in [4.78, 5) is 26.4. The number of hydrogen-bond donors (Lipinski definition) is 1. The lowest BCUT2D eigenvalue weighted by Crippen LogP contribution is -2.41. The van der Waals surface area contributed by atoms with Crippen LogP contribution in [0.15, 0.2) is 29.6 Å². The Bertz CT molecular complexity index is 787. The van der Waals surface area contributed by atoms with E-state index in [1.54, 1.807) is 30.4 Å². The minimum Gasteiger partial charge on any atom is -0.317 e. The van der Waals surface area contributed by atoms with E-state index in [4.69, 9.17) is 0 Å². The van der Waals surface area contributed by atoms with Gasteiger partial charge in [-0.2, -0.15) is 0 Å². The molecule has 0 saturated carbocycles. The molecule has 0 spiro atoms. The molecule has 7 heteroatoms. The van der Waals surface area contributed by atoms with Crippen molar-refractivity contribution in [2.24, 2.45) is 0 Å². The first-order valence-corrected chi connectivity index (χ1v) is 8.78. The number of thiophene rings is 1. The van der Waals surface area contributed by atoms with Gasteiger partial charge in [-0.3, -0.25) is 10.1 Å². The van der Waals surface area contributed by atoms with Crippen LogP contribution < -0.4 is 5.32 Å². The van der Waals surface area contributed by atoms with Gasteiger partial charge < -0.3 is 10.2 Å². The van der Waals surface area contributed by atoms with Gasteiger partial charge in [-0.25, -0.2) is 4.79 Å². The molecule has 2 aromatic rings. The number of nitro groups is 1. The Morgan fingerprint density at radius 2 is 2.25 bits per heavy atom. The third-order valence-electron chi connectivity index (χ3n) is 4.39. The van der Waals surface area contributed by atoms with Crippen molar-refractivity contribution in [3.05, 3.63) is 55.8 Å². The molecule has 3 rings (SSSR count). The van der Waals surface area contributed by atoms with Crippen molar-refractivity contribution in [2.75, 3.05) is 11.9 Å². The molecular weight excluding hydrogens is 326 g/mol. The molecule has 6 nitrogen and oxygen atoms in total. The van der Waals surface area contributed by atoms with E-state index in [1.165, 1.54) is 16.5 Å². The lowest BCUT2D eigenvalue weighted by atomic mass is 9.98. The number of nitrogens with one attached hydrogen (secondary N) is 1. The predicted molar refractivity (Wildman–Crippen MR) is 94.6 cm³/mol. The largest absolute Gasteiger partial charge is 0.322 e.